The molecule has 3 saturated heterocycles. The average Bonchev–Trinajstić information content (AvgIpc) is 3.07. The second kappa shape index (κ2) is 9.43. The molecule has 3 aliphatic rings. The Balaban J connectivity index is 0.000000242. The fourth-order valence-corrected chi connectivity index (χ4v) is 4.02. The zero-order valence-electron chi connectivity index (χ0n) is 15.3. The molecule has 0 aromatic carbocycles. The topological polar surface area (TPSA) is 107 Å². The van der Waals surface area contributed by atoms with Crippen molar-refractivity contribution < 1.29 is 19.8 Å². The van der Waals surface area contributed by atoms with Gasteiger partial charge in [-0.25, -0.2) is 9.59 Å². The van der Waals surface area contributed by atoms with Gasteiger partial charge < -0.3 is 20.0 Å². The first-order chi connectivity index (χ1) is 13.5. The Labute approximate surface area is 166 Å². The molecule has 3 fully saturated rings. The van der Waals surface area contributed by atoms with Crippen LogP contribution < -0.4 is 4.90 Å². The van der Waals surface area contributed by atoms with Crippen LogP contribution in [0, 0.1) is 0 Å². The van der Waals surface area contributed by atoms with Crippen LogP contribution in [0.4, 0.5) is 5.82 Å². The first kappa shape index (κ1) is 20.0. The van der Waals surface area contributed by atoms with Gasteiger partial charge in [-0.3, -0.25) is 0 Å². The molecule has 8 nitrogen and oxygen atoms in total. The smallest absolute Gasteiger partial charge is 0.328 e. The Hall–Kier alpha value is -2.78. The number of hydrogen-bond acceptors (Lipinski definition) is 7. The number of carboxylic acid groups (broad SMARTS) is 2. The molecule has 2 aromatic rings. The lowest BCUT2D eigenvalue weighted by molar-refractivity contribution is -0.134. The first-order valence-electron chi connectivity index (χ1n) is 9.02. The van der Waals surface area contributed by atoms with Crippen LogP contribution in [0.2, 0.25) is 0 Å². The van der Waals surface area contributed by atoms with Crippen molar-refractivity contribution in [2.24, 2.45) is 0 Å². The molecule has 0 radical (unpaired) electrons. The number of aromatic nitrogens is 2. The summed E-state index contributed by atoms with van der Waals surface area (Å²) in [4.78, 5) is 24.1. The van der Waals surface area contributed by atoms with E-state index in [1.54, 1.807) is 11.3 Å². The van der Waals surface area contributed by atoms with Gasteiger partial charge in [0.25, 0.3) is 0 Å². The van der Waals surface area contributed by atoms with E-state index >= 15 is 0 Å². The number of anilines is 1. The van der Waals surface area contributed by atoms with Crippen LogP contribution in [0.3, 0.4) is 0 Å². The summed E-state index contributed by atoms with van der Waals surface area (Å²) in [5.41, 5.74) is 2.13. The molecule has 3 aliphatic heterocycles. The van der Waals surface area contributed by atoms with E-state index in [9.17, 15) is 9.59 Å². The molecule has 9 heteroatoms. The van der Waals surface area contributed by atoms with Crippen molar-refractivity contribution in [1.29, 1.82) is 0 Å². The van der Waals surface area contributed by atoms with Crippen LogP contribution in [0.25, 0.3) is 11.3 Å². The Morgan fingerprint density at radius 3 is 2.25 bits per heavy atom. The monoisotopic (exact) mass is 402 g/mol. The first-order valence-corrected chi connectivity index (χ1v) is 9.96. The average molecular weight is 402 g/mol. The standard InChI is InChI=1S/C15H18N4S.C4H4O4/c1-2-15(17-16-14(1)12-5-10-20-11-12)19-9-8-18-6-3-13(19)4-7-18;5-3(6)1-2-4(7)8/h1-2,5,10-11,13H,3-4,6-9H2;1-2H,(H,5,6)(H,7,8)/b;2-1+. The third-order valence-corrected chi connectivity index (χ3v) is 5.47. The van der Waals surface area contributed by atoms with Gasteiger partial charge in [0, 0.05) is 55.3 Å². The summed E-state index contributed by atoms with van der Waals surface area (Å²) >= 11 is 1.70. The Kier molecular flexibility index (Phi) is 6.72. The van der Waals surface area contributed by atoms with E-state index in [0.29, 0.717) is 18.2 Å². The van der Waals surface area contributed by atoms with E-state index in [1.165, 1.54) is 25.9 Å². The van der Waals surface area contributed by atoms with Crippen molar-refractivity contribution in [2.75, 3.05) is 31.1 Å². The molecular formula is C19H22N4O4S. The second-order valence-corrected chi connectivity index (χ2v) is 7.34. The van der Waals surface area contributed by atoms with E-state index < -0.39 is 11.9 Å². The van der Waals surface area contributed by atoms with Crippen molar-refractivity contribution >= 4 is 29.1 Å². The molecule has 2 aromatic heterocycles. The highest BCUT2D eigenvalue weighted by Gasteiger charge is 2.29. The molecular weight excluding hydrogens is 380 g/mol. The maximum Gasteiger partial charge on any atom is 0.328 e. The number of fused-ring (bicyclic) bond motifs is 4. The van der Waals surface area contributed by atoms with Gasteiger partial charge in [-0.1, -0.05) is 0 Å². The maximum absolute atomic E-state index is 9.55. The van der Waals surface area contributed by atoms with Crippen molar-refractivity contribution in [3.8, 4) is 11.3 Å². The van der Waals surface area contributed by atoms with Crippen LogP contribution in [-0.2, 0) is 9.59 Å². The van der Waals surface area contributed by atoms with Gasteiger partial charge in [-0.2, -0.15) is 11.3 Å². The van der Waals surface area contributed by atoms with Gasteiger partial charge in [0.15, 0.2) is 5.82 Å². The summed E-state index contributed by atoms with van der Waals surface area (Å²) in [6.45, 7) is 4.71. The van der Waals surface area contributed by atoms with Gasteiger partial charge in [0.2, 0.25) is 0 Å². The molecule has 2 N–H and O–H groups in total. The summed E-state index contributed by atoms with van der Waals surface area (Å²) in [5.74, 6) is -1.47. The fourth-order valence-electron chi connectivity index (χ4n) is 3.37. The van der Waals surface area contributed by atoms with E-state index in [-0.39, 0.29) is 0 Å². The van der Waals surface area contributed by atoms with Crippen molar-refractivity contribution in [2.45, 2.75) is 18.9 Å². The summed E-state index contributed by atoms with van der Waals surface area (Å²) < 4.78 is 0. The molecule has 2 bridgehead atoms. The summed E-state index contributed by atoms with van der Waals surface area (Å²) in [5, 5.41) is 28.7. The second-order valence-electron chi connectivity index (χ2n) is 6.56. The summed E-state index contributed by atoms with van der Waals surface area (Å²) in [6.07, 6.45) is 3.63. The highest BCUT2D eigenvalue weighted by atomic mass is 32.1. The zero-order chi connectivity index (χ0) is 19.9. The van der Waals surface area contributed by atoms with E-state index in [4.69, 9.17) is 10.2 Å². The number of thiophene rings is 1. The number of carboxylic acids is 2. The number of aliphatic carboxylic acids is 2. The van der Waals surface area contributed by atoms with Crippen LogP contribution in [0.1, 0.15) is 12.8 Å². The Morgan fingerprint density at radius 2 is 1.71 bits per heavy atom. The highest BCUT2D eigenvalue weighted by molar-refractivity contribution is 7.08. The number of nitrogens with zero attached hydrogens (tertiary/aromatic N) is 4. The number of carbonyl (C=O) groups is 2. The minimum absolute atomic E-state index is 0.558. The molecule has 28 heavy (non-hydrogen) atoms. The molecule has 0 saturated carbocycles. The van der Waals surface area contributed by atoms with Crippen molar-refractivity contribution in [3.63, 3.8) is 0 Å². The van der Waals surface area contributed by atoms with E-state index in [0.717, 1.165) is 30.2 Å². The minimum Gasteiger partial charge on any atom is -0.478 e. The zero-order valence-corrected chi connectivity index (χ0v) is 16.1. The fraction of sp³-hybridized carbons (Fsp3) is 0.368. The molecule has 0 atom stereocenters. The van der Waals surface area contributed by atoms with Crippen molar-refractivity contribution in [1.82, 2.24) is 15.1 Å². The molecule has 0 unspecified atom stereocenters. The van der Waals surface area contributed by atoms with Crippen LogP contribution in [0.5, 0.6) is 0 Å². The number of piperidine rings is 1. The lowest BCUT2D eigenvalue weighted by Gasteiger charge is -2.31. The van der Waals surface area contributed by atoms with Gasteiger partial charge in [-0.15, -0.1) is 10.2 Å². The largest absolute Gasteiger partial charge is 0.478 e. The van der Waals surface area contributed by atoms with Gasteiger partial charge >= 0.3 is 11.9 Å². The van der Waals surface area contributed by atoms with Crippen LogP contribution in [0.15, 0.2) is 41.1 Å². The predicted octanol–water partition coefficient (Wildman–Crippen LogP) is 2.20. The lowest BCUT2D eigenvalue weighted by Crippen LogP contribution is -2.38. The lowest BCUT2D eigenvalue weighted by atomic mass is 10.1. The normalized spacial score (nSPS) is 21.1. The quantitative estimate of drug-likeness (QED) is 0.750. The molecule has 0 aliphatic carbocycles. The maximum atomic E-state index is 9.55. The van der Waals surface area contributed by atoms with E-state index in [1.807, 2.05) is 0 Å². The highest BCUT2D eigenvalue weighted by Crippen LogP contribution is 2.26. The van der Waals surface area contributed by atoms with Gasteiger partial charge in [0.05, 0.1) is 5.69 Å². The summed E-state index contributed by atoms with van der Waals surface area (Å²) in [6, 6.07) is 6.97. The summed E-state index contributed by atoms with van der Waals surface area (Å²) in [7, 11) is 0. The third-order valence-electron chi connectivity index (χ3n) is 4.79. The van der Waals surface area contributed by atoms with Crippen LogP contribution >= 0.6 is 11.3 Å². The third kappa shape index (κ3) is 5.37. The van der Waals surface area contributed by atoms with Gasteiger partial charge in [-0.05, 0) is 36.4 Å². The minimum atomic E-state index is -1.26. The molecule has 5 rings (SSSR count). The Morgan fingerprint density at radius 1 is 1.00 bits per heavy atom. The van der Waals surface area contributed by atoms with Gasteiger partial charge in [0.1, 0.15) is 0 Å². The van der Waals surface area contributed by atoms with E-state index in [2.05, 4.69) is 49.0 Å². The molecule has 0 amide bonds. The van der Waals surface area contributed by atoms with Crippen molar-refractivity contribution in [3.05, 3.63) is 41.1 Å². The van der Waals surface area contributed by atoms with Crippen LogP contribution in [-0.4, -0.2) is 69.5 Å². The molecule has 5 heterocycles. The molecule has 0 spiro atoms. The Bertz CT molecular complexity index is 799. The SMILES string of the molecule is O=C(O)/C=C/C(=O)O.c1cc(-c2ccc(N3CCN4CCC3CC4)nn2)cs1. The molecule has 148 valence electrons. The number of rotatable bonds is 4. The predicted molar refractivity (Wildman–Crippen MR) is 107 cm³/mol. The number of hydrogen-bond donors (Lipinski definition) is 2.